The standard InChI is InChI=1S/C19H22FNO2/c1-14(19(22)21(2)11-12-23-3)16-9-10-17(18(20)13-16)15-7-5-4-6-8-15/h4-10,13-14H,11-12H2,1-3H3/t14-/m1/s1. The van der Waals surface area contributed by atoms with Crippen molar-refractivity contribution in [1.29, 1.82) is 0 Å². The van der Waals surface area contributed by atoms with Gasteiger partial charge in [0.25, 0.3) is 0 Å². The fourth-order valence-corrected chi connectivity index (χ4v) is 2.46. The van der Waals surface area contributed by atoms with E-state index in [-0.39, 0.29) is 11.7 Å². The van der Waals surface area contributed by atoms with Gasteiger partial charge in [-0.1, -0.05) is 42.5 Å². The minimum atomic E-state index is -0.392. The van der Waals surface area contributed by atoms with E-state index >= 15 is 0 Å². The van der Waals surface area contributed by atoms with Gasteiger partial charge in [0.1, 0.15) is 5.82 Å². The van der Waals surface area contributed by atoms with Crippen molar-refractivity contribution in [2.24, 2.45) is 0 Å². The Kier molecular flexibility index (Phi) is 5.88. The fraction of sp³-hybridized carbons (Fsp3) is 0.316. The van der Waals surface area contributed by atoms with Crippen molar-refractivity contribution in [2.75, 3.05) is 27.3 Å². The van der Waals surface area contributed by atoms with Crippen molar-refractivity contribution in [3.8, 4) is 11.1 Å². The lowest BCUT2D eigenvalue weighted by molar-refractivity contribution is -0.131. The summed E-state index contributed by atoms with van der Waals surface area (Å²) in [5, 5.41) is 0. The number of ether oxygens (including phenoxy) is 1. The molecule has 0 N–H and O–H groups in total. The van der Waals surface area contributed by atoms with Crippen molar-refractivity contribution in [2.45, 2.75) is 12.8 Å². The molecule has 0 aliphatic carbocycles. The van der Waals surface area contributed by atoms with E-state index in [0.717, 1.165) is 5.56 Å². The van der Waals surface area contributed by atoms with Crippen LogP contribution in [0.5, 0.6) is 0 Å². The maximum absolute atomic E-state index is 14.4. The van der Waals surface area contributed by atoms with Gasteiger partial charge in [0.2, 0.25) is 5.91 Å². The van der Waals surface area contributed by atoms with Crippen molar-refractivity contribution >= 4 is 5.91 Å². The molecule has 2 rings (SSSR count). The summed E-state index contributed by atoms with van der Waals surface area (Å²) in [4.78, 5) is 14.0. The summed E-state index contributed by atoms with van der Waals surface area (Å²) in [6, 6.07) is 14.4. The Hall–Kier alpha value is -2.20. The summed E-state index contributed by atoms with van der Waals surface area (Å²) in [5.41, 5.74) is 2.05. The molecule has 122 valence electrons. The van der Waals surface area contributed by atoms with Crippen LogP contribution in [0.4, 0.5) is 4.39 Å². The van der Waals surface area contributed by atoms with Crippen molar-refractivity contribution in [3.63, 3.8) is 0 Å². The highest BCUT2D eigenvalue weighted by Gasteiger charge is 2.20. The summed E-state index contributed by atoms with van der Waals surface area (Å²) >= 11 is 0. The maximum Gasteiger partial charge on any atom is 0.229 e. The van der Waals surface area contributed by atoms with E-state index < -0.39 is 5.92 Å². The molecule has 0 unspecified atom stereocenters. The number of nitrogens with zero attached hydrogens (tertiary/aromatic N) is 1. The third kappa shape index (κ3) is 4.17. The quantitative estimate of drug-likeness (QED) is 0.813. The molecule has 0 aromatic heterocycles. The second-order valence-corrected chi connectivity index (χ2v) is 5.58. The molecule has 0 fully saturated rings. The summed E-state index contributed by atoms with van der Waals surface area (Å²) in [6.45, 7) is 2.79. The summed E-state index contributed by atoms with van der Waals surface area (Å²) < 4.78 is 19.4. The first kappa shape index (κ1) is 17.2. The first-order valence-electron chi connectivity index (χ1n) is 7.63. The monoisotopic (exact) mass is 315 g/mol. The van der Waals surface area contributed by atoms with Crippen LogP contribution in [0.1, 0.15) is 18.4 Å². The molecule has 2 aromatic rings. The highest BCUT2D eigenvalue weighted by Crippen LogP contribution is 2.26. The van der Waals surface area contributed by atoms with Gasteiger partial charge in [0.05, 0.1) is 12.5 Å². The second kappa shape index (κ2) is 7.88. The van der Waals surface area contributed by atoms with E-state index in [0.29, 0.717) is 24.3 Å². The minimum Gasteiger partial charge on any atom is -0.383 e. The van der Waals surface area contributed by atoms with Gasteiger partial charge >= 0.3 is 0 Å². The predicted octanol–water partition coefficient (Wildman–Crippen LogP) is 3.70. The Bertz CT molecular complexity index is 658. The van der Waals surface area contributed by atoms with Crippen LogP contribution in [0, 0.1) is 5.82 Å². The average Bonchev–Trinajstić information content (AvgIpc) is 2.59. The SMILES string of the molecule is COCCN(C)C(=O)[C@H](C)c1ccc(-c2ccccc2)c(F)c1. The van der Waals surface area contributed by atoms with E-state index in [1.54, 1.807) is 32.0 Å². The fourth-order valence-electron chi connectivity index (χ4n) is 2.46. The Morgan fingerprint density at radius 3 is 2.52 bits per heavy atom. The zero-order valence-electron chi connectivity index (χ0n) is 13.8. The molecule has 0 saturated carbocycles. The number of methoxy groups -OCH3 is 1. The number of hydrogen-bond acceptors (Lipinski definition) is 2. The minimum absolute atomic E-state index is 0.0473. The van der Waals surface area contributed by atoms with Crippen LogP contribution in [-0.2, 0) is 9.53 Å². The lowest BCUT2D eigenvalue weighted by atomic mass is 9.96. The van der Waals surface area contributed by atoms with Gasteiger partial charge in [-0.3, -0.25) is 4.79 Å². The Morgan fingerprint density at radius 1 is 1.22 bits per heavy atom. The number of carbonyl (C=O) groups is 1. The van der Waals surface area contributed by atoms with Gasteiger partial charge in [-0.05, 0) is 24.1 Å². The van der Waals surface area contributed by atoms with E-state index in [1.807, 2.05) is 36.4 Å². The topological polar surface area (TPSA) is 29.5 Å². The Labute approximate surface area is 136 Å². The number of benzene rings is 2. The number of halogens is 1. The lowest BCUT2D eigenvalue weighted by Crippen LogP contribution is -2.33. The van der Waals surface area contributed by atoms with Crippen LogP contribution in [0.2, 0.25) is 0 Å². The summed E-state index contributed by atoms with van der Waals surface area (Å²) in [7, 11) is 3.33. The largest absolute Gasteiger partial charge is 0.383 e. The molecule has 2 aromatic carbocycles. The van der Waals surface area contributed by atoms with Crippen LogP contribution in [-0.4, -0.2) is 38.1 Å². The zero-order chi connectivity index (χ0) is 16.8. The highest BCUT2D eigenvalue weighted by molar-refractivity contribution is 5.83. The molecule has 0 heterocycles. The zero-order valence-corrected chi connectivity index (χ0v) is 13.8. The van der Waals surface area contributed by atoms with Crippen LogP contribution in [0.15, 0.2) is 48.5 Å². The van der Waals surface area contributed by atoms with Gasteiger partial charge in [0, 0.05) is 26.3 Å². The van der Waals surface area contributed by atoms with Crippen LogP contribution in [0.3, 0.4) is 0 Å². The molecule has 0 aliphatic rings. The van der Waals surface area contributed by atoms with Gasteiger partial charge in [-0.25, -0.2) is 4.39 Å². The summed E-state index contributed by atoms with van der Waals surface area (Å²) in [5.74, 6) is -0.752. The number of likely N-dealkylation sites (N-methyl/N-ethyl adjacent to an activating group) is 1. The third-order valence-electron chi connectivity index (χ3n) is 3.96. The van der Waals surface area contributed by atoms with Crippen molar-refractivity contribution < 1.29 is 13.9 Å². The molecule has 0 radical (unpaired) electrons. The predicted molar refractivity (Wildman–Crippen MR) is 89.8 cm³/mol. The molecule has 0 bridgehead atoms. The molecule has 23 heavy (non-hydrogen) atoms. The lowest BCUT2D eigenvalue weighted by Gasteiger charge is -2.21. The molecule has 0 aliphatic heterocycles. The molecular formula is C19H22FNO2. The summed E-state index contributed by atoms with van der Waals surface area (Å²) in [6.07, 6.45) is 0. The first-order chi connectivity index (χ1) is 11.0. The number of hydrogen-bond donors (Lipinski definition) is 0. The third-order valence-corrected chi connectivity index (χ3v) is 3.96. The van der Waals surface area contributed by atoms with E-state index in [9.17, 15) is 9.18 Å². The molecule has 3 nitrogen and oxygen atoms in total. The van der Waals surface area contributed by atoms with E-state index in [1.165, 1.54) is 6.07 Å². The number of carbonyl (C=O) groups excluding carboxylic acids is 1. The Morgan fingerprint density at radius 2 is 1.91 bits per heavy atom. The normalized spacial score (nSPS) is 12.0. The first-order valence-corrected chi connectivity index (χ1v) is 7.63. The number of rotatable bonds is 6. The van der Waals surface area contributed by atoms with Crippen molar-refractivity contribution in [3.05, 3.63) is 59.9 Å². The molecule has 0 saturated heterocycles. The van der Waals surface area contributed by atoms with Crippen LogP contribution >= 0.6 is 0 Å². The van der Waals surface area contributed by atoms with E-state index in [2.05, 4.69) is 0 Å². The molecule has 0 spiro atoms. The highest BCUT2D eigenvalue weighted by atomic mass is 19.1. The maximum atomic E-state index is 14.4. The van der Waals surface area contributed by atoms with Crippen LogP contribution in [0.25, 0.3) is 11.1 Å². The Balaban J connectivity index is 2.18. The second-order valence-electron chi connectivity index (χ2n) is 5.58. The average molecular weight is 315 g/mol. The van der Waals surface area contributed by atoms with E-state index in [4.69, 9.17) is 4.74 Å². The molecular weight excluding hydrogens is 293 g/mol. The molecule has 4 heteroatoms. The van der Waals surface area contributed by atoms with Crippen LogP contribution < -0.4 is 0 Å². The number of amides is 1. The van der Waals surface area contributed by atoms with Gasteiger partial charge < -0.3 is 9.64 Å². The van der Waals surface area contributed by atoms with Gasteiger partial charge in [0.15, 0.2) is 0 Å². The van der Waals surface area contributed by atoms with Gasteiger partial charge in [-0.2, -0.15) is 0 Å². The molecule has 1 atom stereocenters. The smallest absolute Gasteiger partial charge is 0.229 e. The molecule has 1 amide bonds. The van der Waals surface area contributed by atoms with Gasteiger partial charge in [-0.15, -0.1) is 0 Å². The van der Waals surface area contributed by atoms with Crippen molar-refractivity contribution in [1.82, 2.24) is 4.90 Å².